The SMILES string of the molecule is COc1ccc2nc(NC(=O)COc3ccccc3C)sc2c1. The van der Waals surface area contributed by atoms with Gasteiger partial charge in [-0.2, -0.15) is 0 Å². The Balaban J connectivity index is 1.64. The molecular weight excluding hydrogens is 312 g/mol. The van der Waals surface area contributed by atoms with Crippen LogP contribution in [0.5, 0.6) is 11.5 Å². The second kappa shape index (κ2) is 6.66. The van der Waals surface area contributed by atoms with E-state index in [1.807, 2.05) is 49.4 Å². The van der Waals surface area contributed by atoms with Gasteiger partial charge in [0.15, 0.2) is 11.7 Å². The van der Waals surface area contributed by atoms with Crippen molar-refractivity contribution in [2.75, 3.05) is 19.0 Å². The number of carbonyl (C=O) groups excluding carboxylic acids is 1. The number of hydrogen-bond acceptors (Lipinski definition) is 5. The van der Waals surface area contributed by atoms with Gasteiger partial charge in [-0.05, 0) is 36.8 Å². The molecule has 1 heterocycles. The smallest absolute Gasteiger partial charge is 0.264 e. The Bertz CT molecular complexity index is 845. The van der Waals surface area contributed by atoms with E-state index in [1.165, 1.54) is 11.3 Å². The molecule has 5 nitrogen and oxygen atoms in total. The minimum absolute atomic E-state index is 0.0515. The largest absolute Gasteiger partial charge is 0.497 e. The summed E-state index contributed by atoms with van der Waals surface area (Å²) in [6, 6.07) is 13.2. The lowest BCUT2D eigenvalue weighted by Crippen LogP contribution is -2.20. The Morgan fingerprint density at radius 2 is 2.09 bits per heavy atom. The second-order valence-electron chi connectivity index (χ2n) is 4.96. The third-order valence-corrected chi connectivity index (χ3v) is 4.23. The van der Waals surface area contributed by atoms with Gasteiger partial charge in [-0.15, -0.1) is 0 Å². The summed E-state index contributed by atoms with van der Waals surface area (Å²) in [6.07, 6.45) is 0. The number of aromatic nitrogens is 1. The molecule has 0 aliphatic carbocycles. The summed E-state index contributed by atoms with van der Waals surface area (Å²) < 4.78 is 11.7. The number of carbonyl (C=O) groups is 1. The zero-order valence-electron chi connectivity index (χ0n) is 12.8. The number of fused-ring (bicyclic) bond motifs is 1. The fraction of sp³-hybridized carbons (Fsp3) is 0.176. The summed E-state index contributed by atoms with van der Waals surface area (Å²) in [4.78, 5) is 16.4. The maximum atomic E-state index is 12.0. The lowest BCUT2D eigenvalue weighted by atomic mass is 10.2. The Morgan fingerprint density at radius 1 is 1.26 bits per heavy atom. The molecule has 1 N–H and O–H groups in total. The minimum atomic E-state index is -0.237. The zero-order chi connectivity index (χ0) is 16.2. The first-order valence-electron chi connectivity index (χ1n) is 7.08. The van der Waals surface area contributed by atoms with Gasteiger partial charge in [0, 0.05) is 0 Å². The van der Waals surface area contributed by atoms with Crippen LogP contribution in [0.15, 0.2) is 42.5 Å². The molecule has 2 aromatic carbocycles. The van der Waals surface area contributed by atoms with Gasteiger partial charge in [-0.1, -0.05) is 29.5 Å². The number of nitrogens with zero attached hydrogens (tertiary/aromatic N) is 1. The maximum absolute atomic E-state index is 12.0. The van der Waals surface area contributed by atoms with E-state index in [-0.39, 0.29) is 12.5 Å². The average Bonchev–Trinajstić information content (AvgIpc) is 2.95. The van der Waals surface area contributed by atoms with Crippen molar-refractivity contribution in [2.45, 2.75) is 6.92 Å². The van der Waals surface area contributed by atoms with Crippen molar-refractivity contribution < 1.29 is 14.3 Å². The van der Waals surface area contributed by atoms with Crippen LogP contribution in [0.1, 0.15) is 5.56 Å². The van der Waals surface area contributed by atoms with Gasteiger partial charge >= 0.3 is 0 Å². The molecule has 0 atom stereocenters. The van der Waals surface area contributed by atoms with Crippen LogP contribution < -0.4 is 14.8 Å². The monoisotopic (exact) mass is 328 g/mol. The lowest BCUT2D eigenvalue weighted by Gasteiger charge is -2.07. The van der Waals surface area contributed by atoms with Gasteiger partial charge in [0.25, 0.3) is 5.91 Å². The van der Waals surface area contributed by atoms with E-state index < -0.39 is 0 Å². The van der Waals surface area contributed by atoms with Crippen molar-refractivity contribution in [3.8, 4) is 11.5 Å². The van der Waals surface area contributed by atoms with Gasteiger partial charge in [-0.3, -0.25) is 10.1 Å². The molecular formula is C17H16N2O3S. The number of hydrogen-bond donors (Lipinski definition) is 1. The summed E-state index contributed by atoms with van der Waals surface area (Å²) >= 11 is 1.40. The second-order valence-corrected chi connectivity index (χ2v) is 5.99. The number of ether oxygens (including phenoxy) is 2. The maximum Gasteiger partial charge on any atom is 0.264 e. The number of aryl methyl sites for hydroxylation is 1. The highest BCUT2D eigenvalue weighted by Gasteiger charge is 2.10. The van der Waals surface area contributed by atoms with Crippen molar-refractivity contribution in [1.29, 1.82) is 0 Å². The molecule has 1 amide bonds. The summed E-state index contributed by atoms with van der Waals surface area (Å²) in [7, 11) is 1.62. The van der Waals surface area contributed by atoms with Crippen LogP contribution in [0.25, 0.3) is 10.2 Å². The standard InChI is InChI=1S/C17H16N2O3S/c1-11-5-3-4-6-14(11)22-10-16(20)19-17-18-13-8-7-12(21-2)9-15(13)23-17/h3-9H,10H2,1-2H3,(H,18,19,20). The van der Waals surface area contributed by atoms with Gasteiger partial charge in [0.1, 0.15) is 11.5 Å². The van der Waals surface area contributed by atoms with Crippen molar-refractivity contribution in [3.05, 3.63) is 48.0 Å². The predicted octanol–water partition coefficient (Wildman–Crippen LogP) is 3.63. The number of nitrogens with one attached hydrogen (secondary N) is 1. The average molecular weight is 328 g/mol. The topological polar surface area (TPSA) is 60.5 Å². The van der Waals surface area contributed by atoms with Crippen LogP contribution >= 0.6 is 11.3 Å². The molecule has 1 aromatic heterocycles. The third-order valence-electron chi connectivity index (χ3n) is 3.29. The first-order chi connectivity index (χ1) is 11.2. The van der Waals surface area contributed by atoms with Crippen molar-refractivity contribution in [1.82, 2.24) is 4.98 Å². The number of thiazole rings is 1. The van der Waals surface area contributed by atoms with Crippen LogP contribution in [-0.2, 0) is 4.79 Å². The predicted molar refractivity (Wildman–Crippen MR) is 91.5 cm³/mol. The number of rotatable bonds is 5. The zero-order valence-corrected chi connectivity index (χ0v) is 13.6. The molecule has 0 saturated heterocycles. The van der Waals surface area contributed by atoms with Crippen LogP contribution in [0.2, 0.25) is 0 Å². The van der Waals surface area contributed by atoms with E-state index in [0.29, 0.717) is 10.9 Å². The molecule has 0 aliphatic heterocycles. The van der Waals surface area contributed by atoms with Crippen molar-refractivity contribution in [2.24, 2.45) is 0 Å². The van der Waals surface area contributed by atoms with Crippen molar-refractivity contribution in [3.63, 3.8) is 0 Å². The van der Waals surface area contributed by atoms with Crippen LogP contribution in [-0.4, -0.2) is 24.6 Å². The molecule has 0 aliphatic rings. The molecule has 0 spiro atoms. The molecule has 6 heteroatoms. The van der Waals surface area contributed by atoms with E-state index in [4.69, 9.17) is 9.47 Å². The van der Waals surface area contributed by atoms with E-state index in [0.717, 1.165) is 21.5 Å². The minimum Gasteiger partial charge on any atom is -0.497 e. The quantitative estimate of drug-likeness (QED) is 0.777. The molecule has 0 unspecified atom stereocenters. The van der Waals surface area contributed by atoms with Crippen LogP contribution in [0, 0.1) is 6.92 Å². The summed E-state index contributed by atoms with van der Waals surface area (Å²) in [5.41, 5.74) is 1.82. The van der Waals surface area contributed by atoms with Gasteiger partial charge in [0.2, 0.25) is 0 Å². The van der Waals surface area contributed by atoms with Gasteiger partial charge < -0.3 is 9.47 Å². The number of anilines is 1. The Morgan fingerprint density at radius 3 is 2.87 bits per heavy atom. The van der Waals surface area contributed by atoms with E-state index in [1.54, 1.807) is 7.11 Å². The first kappa shape index (κ1) is 15.3. The number of benzene rings is 2. The normalized spacial score (nSPS) is 10.5. The number of methoxy groups -OCH3 is 1. The summed E-state index contributed by atoms with van der Waals surface area (Å²) in [5.74, 6) is 1.23. The highest BCUT2D eigenvalue weighted by Crippen LogP contribution is 2.29. The molecule has 3 aromatic rings. The molecule has 23 heavy (non-hydrogen) atoms. The Kier molecular flexibility index (Phi) is 4.43. The van der Waals surface area contributed by atoms with E-state index in [9.17, 15) is 4.79 Å². The van der Waals surface area contributed by atoms with Crippen molar-refractivity contribution >= 4 is 32.6 Å². The Hall–Kier alpha value is -2.60. The molecule has 3 rings (SSSR count). The third kappa shape index (κ3) is 3.60. The molecule has 0 fully saturated rings. The van der Waals surface area contributed by atoms with Gasteiger partial charge in [0.05, 0.1) is 17.3 Å². The highest BCUT2D eigenvalue weighted by molar-refractivity contribution is 7.22. The molecule has 0 radical (unpaired) electrons. The molecule has 118 valence electrons. The molecule has 0 bridgehead atoms. The van der Waals surface area contributed by atoms with Crippen LogP contribution in [0.4, 0.5) is 5.13 Å². The number of para-hydroxylation sites is 1. The van der Waals surface area contributed by atoms with Crippen LogP contribution in [0.3, 0.4) is 0 Å². The summed E-state index contributed by atoms with van der Waals surface area (Å²) in [5, 5.41) is 3.31. The first-order valence-corrected chi connectivity index (χ1v) is 7.90. The lowest BCUT2D eigenvalue weighted by molar-refractivity contribution is -0.118. The summed E-state index contributed by atoms with van der Waals surface area (Å²) in [6.45, 7) is 1.89. The fourth-order valence-corrected chi connectivity index (χ4v) is 3.01. The highest BCUT2D eigenvalue weighted by atomic mass is 32.1. The fourth-order valence-electron chi connectivity index (χ4n) is 2.10. The Labute approximate surface area is 137 Å². The van der Waals surface area contributed by atoms with Gasteiger partial charge in [-0.25, -0.2) is 4.98 Å². The molecule has 0 saturated carbocycles. The number of amides is 1. The van der Waals surface area contributed by atoms with E-state index >= 15 is 0 Å². The van der Waals surface area contributed by atoms with E-state index in [2.05, 4.69) is 10.3 Å².